The summed E-state index contributed by atoms with van der Waals surface area (Å²) < 4.78 is 24.3. The van der Waals surface area contributed by atoms with Gasteiger partial charge in [-0.25, -0.2) is 8.42 Å². The third kappa shape index (κ3) is 4.54. The molecule has 27 heavy (non-hydrogen) atoms. The van der Waals surface area contributed by atoms with Crippen LogP contribution in [0.2, 0.25) is 0 Å². The number of rotatable bonds is 7. The molecule has 0 spiro atoms. The average Bonchev–Trinajstić information content (AvgIpc) is 2.62. The Hall–Kier alpha value is -2.67. The molecule has 0 fully saturated rings. The second-order valence-electron chi connectivity index (χ2n) is 6.82. The smallest absolute Gasteiger partial charge is 0.247 e. The van der Waals surface area contributed by atoms with Crippen LogP contribution in [-0.4, -0.2) is 25.5 Å². The molecule has 2 aromatic carbocycles. The van der Waals surface area contributed by atoms with Gasteiger partial charge in [0.05, 0.1) is 16.6 Å². The minimum atomic E-state index is -3.36. The molecule has 3 N–H and O–H groups in total. The number of nitrogens with two attached hydrogens (primary N) is 1. The van der Waals surface area contributed by atoms with Crippen molar-refractivity contribution >= 4 is 21.7 Å². The highest BCUT2D eigenvalue weighted by Crippen LogP contribution is 2.21. The fraction of sp³-hybridized carbons (Fsp3) is 0.300. The van der Waals surface area contributed by atoms with Crippen LogP contribution in [0.3, 0.4) is 0 Å². The molecule has 0 aliphatic carbocycles. The lowest BCUT2D eigenvalue weighted by molar-refractivity contribution is -0.131. The van der Waals surface area contributed by atoms with E-state index in [1.165, 1.54) is 12.1 Å². The molecule has 1 unspecified atom stereocenters. The summed E-state index contributed by atoms with van der Waals surface area (Å²) in [5.41, 5.74) is 5.41. The van der Waals surface area contributed by atoms with Gasteiger partial charge in [-0.2, -0.15) is 0 Å². The molecule has 0 aromatic heterocycles. The minimum Gasteiger partial charge on any atom is -0.367 e. The number of carbonyl (C=O) groups excluding carboxylic acids is 2. The Balaban J connectivity index is 2.16. The number of benzene rings is 2. The first-order valence-electron chi connectivity index (χ1n) is 8.56. The van der Waals surface area contributed by atoms with E-state index < -0.39 is 26.5 Å². The number of nitrogens with one attached hydrogen (secondary N) is 1. The van der Waals surface area contributed by atoms with Gasteiger partial charge in [0.1, 0.15) is 5.54 Å². The van der Waals surface area contributed by atoms with Gasteiger partial charge < -0.3 is 11.1 Å². The molecule has 0 heterocycles. The number of amides is 2. The Bertz CT molecular complexity index is 922. The van der Waals surface area contributed by atoms with Gasteiger partial charge in [-0.3, -0.25) is 9.59 Å². The van der Waals surface area contributed by atoms with Crippen LogP contribution in [0.4, 0.5) is 0 Å². The van der Waals surface area contributed by atoms with Gasteiger partial charge in [-0.05, 0) is 44.0 Å². The highest BCUT2D eigenvalue weighted by Gasteiger charge is 2.34. The normalized spacial score (nSPS) is 13.8. The van der Waals surface area contributed by atoms with Crippen LogP contribution >= 0.6 is 0 Å². The summed E-state index contributed by atoms with van der Waals surface area (Å²) >= 11 is 0. The molecule has 0 saturated heterocycles. The summed E-state index contributed by atoms with van der Waals surface area (Å²) in [6, 6.07) is 14.9. The molecule has 0 aliphatic heterocycles. The highest BCUT2D eigenvalue weighted by atomic mass is 32.2. The number of primary amides is 1. The Morgan fingerprint density at radius 2 is 1.59 bits per heavy atom. The molecule has 2 aromatic rings. The average molecular weight is 388 g/mol. The molecule has 0 aliphatic rings. The summed E-state index contributed by atoms with van der Waals surface area (Å²) in [6.45, 7) is 4.79. The van der Waals surface area contributed by atoms with Crippen LogP contribution in [0, 0.1) is 0 Å². The van der Waals surface area contributed by atoms with Crippen LogP contribution in [0.15, 0.2) is 59.5 Å². The molecule has 6 nitrogen and oxygen atoms in total. The standard InChI is InChI=1S/C20H24N2O4S/c1-14(2)27(25,26)17-11-9-15(10-12-17)13-18(23)22-20(3,19(21)24)16-7-5-4-6-8-16/h4-12,14H,13H2,1-3H3,(H2,21,24)(H,22,23). The number of carbonyl (C=O) groups is 2. The fourth-order valence-electron chi connectivity index (χ4n) is 2.63. The van der Waals surface area contributed by atoms with Crippen LogP contribution < -0.4 is 11.1 Å². The van der Waals surface area contributed by atoms with E-state index in [0.717, 1.165) is 0 Å². The molecule has 2 amide bonds. The summed E-state index contributed by atoms with van der Waals surface area (Å²) in [5.74, 6) is -1.06. The Labute approximate surface area is 159 Å². The Morgan fingerprint density at radius 3 is 2.07 bits per heavy atom. The maximum atomic E-state index is 12.5. The highest BCUT2D eigenvalue weighted by molar-refractivity contribution is 7.92. The van der Waals surface area contributed by atoms with Crippen LogP contribution in [0.5, 0.6) is 0 Å². The van der Waals surface area contributed by atoms with E-state index in [0.29, 0.717) is 11.1 Å². The van der Waals surface area contributed by atoms with Crippen molar-refractivity contribution in [2.24, 2.45) is 5.73 Å². The molecular weight excluding hydrogens is 364 g/mol. The third-order valence-corrected chi connectivity index (χ3v) is 6.64. The van der Waals surface area contributed by atoms with E-state index in [2.05, 4.69) is 5.32 Å². The van der Waals surface area contributed by atoms with E-state index in [1.54, 1.807) is 63.2 Å². The number of sulfone groups is 1. The van der Waals surface area contributed by atoms with Crippen molar-refractivity contribution in [1.82, 2.24) is 5.32 Å². The van der Waals surface area contributed by atoms with Crippen LogP contribution in [0.25, 0.3) is 0 Å². The number of hydrogen-bond donors (Lipinski definition) is 2. The van der Waals surface area contributed by atoms with Crippen molar-refractivity contribution in [3.8, 4) is 0 Å². The molecule has 0 bridgehead atoms. The second kappa shape index (κ2) is 7.92. The van der Waals surface area contributed by atoms with E-state index in [4.69, 9.17) is 5.73 Å². The minimum absolute atomic E-state index is 0.00227. The second-order valence-corrected chi connectivity index (χ2v) is 9.32. The topological polar surface area (TPSA) is 106 Å². The summed E-state index contributed by atoms with van der Waals surface area (Å²) in [6.07, 6.45) is -0.00227. The van der Waals surface area contributed by atoms with Gasteiger partial charge in [0.25, 0.3) is 0 Å². The molecule has 0 saturated carbocycles. The number of hydrogen-bond acceptors (Lipinski definition) is 4. The lowest BCUT2D eigenvalue weighted by Gasteiger charge is -2.28. The van der Waals surface area contributed by atoms with Crippen molar-refractivity contribution in [3.63, 3.8) is 0 Å². The van der Waals surface area contributed by atoms with Crippen molar-refractivity contribution in [3.05, 3.63) is 65.7 Å². The van der Waals surface area contributed by atoms with E-state index in [-0.39, 0.29) is 17.2 Å². The quantitative estimate of drug-likeness (QED) is 0.756. The monoisotopic (exact) mass is 388 g/mol. The Kier molecular flexibility index (Phi) is 6.05. The molecule has 7 heteroatoms. The molecule has 2 rings (SSSR count). The Morgan fingerprint density at radius 1 is 1.04 bits per heavy atom. The lowest BCUT2D eigenvalue weighted by atomic mass is 9.91. The summed E-state index contributed by atoms with van der Waals surface area (Å²) in [7, 11) is -3.36. The van der Waals surface area contributed by atoms with Crippen LogP contribution in [0.1, 0.15) is 31.9 Å². The van der Waals surface area contributed by atoms with Crippen molar-refractivity contribution in [1.29, 1.82) is 0 Å². The van der Waals surface area contributed by atoms with Crippen LogP contribution in [-0.2, 0) is 31.4 Å². The molecule has 144 valence electrons. The van der Waals surface area contributed by atoms with Gasteiger partial charge >= 0.3 is 0 Å². The predicted molar refractivity (Wildman–Crippen MR) is 104 cm³/mol. The predicted octanol–water partition coefficient (Wildman–Crippen LogP) is 1.93. The van der Waals surface area contributed by atoms with E-state index >= 15 is 0 Å². The lowest BCUT2D eigenvalue weighted by Crippen LogP contribution is -2.53. The summed E-state index contributed by atoms with van der Waals surface area (Å²) in [4.78, 5) is 24.6. The van der Waals surface area contributed by atoms with Crippen molar-refractivity contribution in [2.75, 3.05) is 0 Å². The van der Waals surface area contributed by atoms with Gasteiger partial charge in [-0.15, -0.1) is 0 Å². The zero-order valence-corrected chi connectivity index (χ0v) is 16.4. The molecule has 0 radical (unpaired) electrons. The first-order chi connectivity index (χ1) is 12.6. The van der Waals surface area contributed by atoms with Crippen molar-refractivity contribution in [2.45, 2.75) is 42.9 Å². The largest absolute Gasteiger partial charge is 0.367 e. The maximum Gasteiger partial charge on any atom is 0.247 e. The van der Waals surface area contributed by atoms with Gasteiger partial charge in [-0.1, -0.05) is 42.5 Å². The first-order valence-corrected chi connectivity index (χ1v) is 10.1. The molecular formula is C20H24N2O4S. The van der Waals surface area contributed by atoms with Gasteiger partial charge in [0.2, 0.25) is 11.8 Å². The van der Waals surface area contributed by atoms with Gasteiger partial charge in [0.15, 0.2) is 9.84 Å². The summed E-state index contributed by atoms with van der Waals surface area (Å²) in [5, 5.41) is 2.17. The molecule has 1 atom stereocenters. The third-order valence-electron chi connectivity index (χ3n) is 4.47. The zero-order chi connectivity index (χ0) is 20.2. The first kappa shape index (κ1) is 20.6. The maximum absolute atomic E-state index is 12.5. The van der Waals surface area contributed by atoms with Gasteiger partial charge in [0, 0.05) is 0 Å². The fourth-order valence-corrected chi connectivity index (χ4v) is 3.68. The van der Waals surface area contributed by atoms with Crippen molar-refractivity contribution < 1.29 is 18.0 Å². The zero-order valence-electron chi connectivity index (χ0n) is 15.6. The van der Waals surface area contributed by atoms with E-state index in [1.807, 2.05) is 0 Å². The SMILES string of the molecule is CC(C)S(=O)(=O)c1ccc(CC(=O)NC(C)(C(N)=O)c2ccccc2)cc1. The van der Waals surface area contributed by atoms with E-state index in [9.17, 15) is 18.0 Å².